The molecule has 3 heteroatoms. The number of rotatable bonds is 7. The van der Waals surface area contributed by atoms with Crippen LogP contribution in [0.15, 0.2) is 12.1 Å². The van der Waals surface area contributed by atoms with E-state index < -0.39 is 0 Å². The van der Waals surface area contributed by atoms with Gasteiger partial charge in [0.15, 0.2) is 0 Å². The molecular formula is C15H26N2O. The van der Waals surface area contributed by atoms with Gasteiger partial charge in [-0.05, 0) is 44.4 Å². The van der Waals surface area contributed by atoms with Crippen LogP contribution in [0.25, 0.3) is 0 Å². The van der Waals surface area contributed by atoms with Crippen molar-refractivity contribution in [1.29, 1.82) is 0 Å². The van der Waals surface area contributed by atoms with Crippen LogP contribution in [0.1, 0.15) is 45.9 Å². The molecule has 0 fully saturated rings. The van der Waals surface area contributed by atoms with Crippen molar-refractivity contribution in [2.75, 3.05) is 6.54 Å². The minimum absolute atomic E-state index is 0.168. The van der Waals surface area contributed by atoms with Gasteiger partial charge in [0.2, 0.25) is 5.88 Å². The zero-order chi connectivity index (χ0) is 13.5. The minimum atomic E-state index is 0.168. The van der Waals surface area contributed by atoms with Crippen molar-refractivity contribution in [2.45, 2.75) is 53.7 Å². The highest BCUT2D eigenvalue weighted by Gasteiger charge is 2.05. The summed E-state index contributed by atoms with van der Waals surface area (Å²) in [6.07, 6.45) is 1.10. The SMILES string of the molecule is CCc1cc(CNCC(C)C)cc(OC(C)C)n1. The van der Waals surface area contributed by atoms with E-state index in [2.05, 4.69) is 37.1 Å². The molecule has 0 aliphatic heterocycles. The van der Waals surface area contributed by atoms with E-state index in [-0.39, 0.29) is 6.10 Å². The lowest BCUT2D eigenvalue weighted by atomic mass is 10.2. The number of aryl methyl sites for hydroxylation is 1. The second-order valence-electron chi connectivity index (χ2n) is 5.35. The normalized spacial score (nSPS) is 11.3. The molecular weight excluding hydrogens is 224 g/mol. The average Bonchev–Trinajstić information content (AvgIpc) is 2.27. The van der Waals surface area contributed by atoms with Crippen LogP contribution in [-0.4, -0.2) is 17.6 Å². The molecule has 0 amide bonds. The maximum Gasteiger partial charge on any atom is 0.214 e. The first-order valence-electron chi connectivity index (χ1n) is 6.88. The van der Waals surface area contributed by atoms with E-state index in [4.69, 9.17) is 4.74 Å². The Morgan fingerprint density at radius 3 is 2.50 bits per heavy atom. The molecule has 0 spiro atoms. The highest BCUT2D eigenvalue weighted by Crippen LogP contribution is 2.15. The fraction of sp³-hybridized carbons (Fsp3) is 0.667. The first kappa shape index (κ1) is 15.0. The number of nitrogens with zero attached hydrogens (tertiary/aromatic N) is 1. The third-order valence-corrected chi connectivity index (χ3v) is 2.52. The molecule has 0 aromatic carbocycles. The fourth-order valence-electron chi connectivity index (χ4n) is 1.71. The van der Waals surface area contributed by atoms with Crippen LogP contribution in [0, 0.1) is 5.92 Å². The van der Waals surface area contributed by atoms with Gasteiger partial charge in [-0.1, -0.05) is 20.8 Å². The fourth-order valence-corrected chi connectivity index (χ4v) is 1.71. The monoisotopic (exact) mass is 250 g/mol. The molecule has 102 valence electrons. The van der Waals surface area contributed by atoms with Crippen molar-refractivity contribution in [3.05, 3.63) is 23.4 Å². The Balaban J connectivity index is 2.70. The predicted molar refractivity (Wildman–Crippen MR) is 75.9 cm³/mol. The lowest BCUT2D eigenvalue weighted by Crippen LogP contribution is -2.19. The highest BCUT2D eigenvalue weighted by molar-refractivity contribution is 5.25. The van der Waals surface area contributed by atoms with Gasteiger partial charge in [-0.3, -0.25) is 0 Å². The summed E-state index contributed by atoms with van der Waals surface area (Å²) in [6, 6.07) is 4.19. The molecule has 1 aromatic rings. The molecule has 1 aromatic heterocycles. The van der Waals surface area contributed by atoms with Gasteiger partial charge in [0.1, 0.15) is 0 Å². The maximum atomic E-state index is 5.69. The summed E-state index contributed by atoms with van der Waals surface area (Å²) < 4.78 is 5.69. The van der Waals surface area contributed by atoms with Crippen LogP contribution >= 0.6 is 0 Å². The van der Waals surface area contributed by atoms with Gasteiger partial charge >= 0.3 is 0 Å². The summed E-state index contributed by atoms with van der Waals surface area (Å²) in [5.74, 6) is 1.41. The van der Waals surface area contributed by atoms with E-state index in [1.807, 2.05) is 19.9 Å². The number of nitrogens with one attached hydrogen (secondary N) is 1. The van der Waals surface area contributed by atoms with Crippen LogP contribution in [0.3, 0.4) is 0 Å². The summed E-state index contributed by atoms with van der Waals surface area (Å²) in [5, 5.41) is 3.45. The van der Waals surface area contributed by atoms with Gasteiger partial charge < -0.3 is 10.1 Å². The second-order valence-corrected chi connectivity index (χ2v) is 5.35. The largest absolute Gasteiger partial charge is 0.475 e. The van der Waals surface area contributed by atoms with Gasteiger partial charge in [-0.25, -0.2) is 4.98 Å². The first-order valence-corrected chi connectivity index (χ1v) is 6.88. The second kappa shape index (κ2) is 7.37. The number of hydrogen-bond donors (Lipinski definition) is 1. The van der Waals surface area contributed by atoms with Crippen LogP contribution in [0.5, 0.6) is 5.88 Å². The smallest absolute Gasteiger partial charge is 0.214 e. The highest BCUT2D eigenvalue weighted by atomic mass is 16.5. The van der Waals surface area contributed by atoms with Crippen LogP contribution in [-0.2, 0) is 13.0 Å². The first-order chi connectivity index (χ1) is 8.51. The zero-order valence-corrected chi connectivity index (χ0v) is 12.3. The lowest BCUT2D eigenvalue weighted by Gasteiger charge is -2.13. The molecule has 0 unspecified atom stereocenters. The lowest BCUT2D eigenvalue weighted by molar-refractivity contribution is 0.232. The van der Waals surface area contributed by atoms with Crippen LogP contribution in [0.2, 0.25) is 0 Å². The van der Waals surface area contributed by atoms with Gasteiger partial charge in [-0.2, -0.15) is 0 Å². The quantitative estimate of drug-likeness (QED) is 0.807. The number of ether oxygens (including phenoxy) is 1. The molecule has 0 radical (unpaired) electrons. The predicted octanol–water partition coefficient (Wildman–Crippen LogP) is 3.18. The summed E-state index contributed by atoms with van der Waals surface area (Å²) in [5.41, 5.74) is 2.34. The van der Waals surface area contributed by atoms with E-state index in [0.717, 1.165) is 31.1 Å². The van der Waals surface area contributed by atoms with Crippen molar-refractivity contribution in [1.82, 2.24) is 10.3 Å². The molecule has 1 N–H and O–H groups in total. The summed E-state index contributed by atoms with van der Waals surface area (Å²) in [4.78, 5) is 4.49. The molecule has 0 aliphatic carbocycles. The zero-order valence-electron chi connectivity index (χ0n) is 12.3. The van der Waals surface area contributed by atoms with E-state index in [1.54, 1.807) is 0 Å². The van der Waals surface area contributed by atoms with Crippen molar-refractivity contribution >= 4 is 0 Å². The molecule has 1 heterocycles. The molecule has 3 nitrogen and oxygen atoms in total. The third-order valence-electron chi connectivity index (χ3n) is 2.52. The van der Waals surface area contributed by atoms with E-state index in [9.17, 15) is 0 Å². The number of aromatic nitrogens is 1. The van der Waals surface area contributed by atoms with Crippen molar-refractivity contribution in [2.24, 2.45) is 5.92 Å². The Labute approximate surface area is 111 Å². The van der Waals surface area contributed by atoms with Crippen molar-refractivity contribution < 1.29 is 4.74 Å². The van der Waals surface area contributed by atoms with E-state index in [1.165, 1.54) is 5.56 Å². The Hall–Kier alpha value is -1.09. The average molecular weight is 250 g/mol. The molecule has 0 aliphatic rings. The summed E-state index contributed by atoms with van der Waals surface area (Å²) in [7, 11) is 0. The number of pyridine rings is 1. The Morgan fingerprint density at radius 2 is 1.94 bits per heavy atom. The van der Waals surface area contributed by atoms with Gasteiger partial charge in [0.05, 0.1) is 6.10 Å². The minimum Gasteiger partial charge on any atom is -0.475 e. The molecule has 1 rings (SSSR count). The standard InChI is InChI=1S/C15H26N2O/c1-6-14-7-13(10-16-9-11(2)3)8-15(17-14)18-12(4)5/h7-8,11-12,16H,6,9-10H2,1-5H3. The third kappa shape index (κ3) is 5.50. The molecule has 0 atom stereocenters. The van der Waals surface area contributed by atoms with Gasteiger partial charge in [0, 0.05) is 18.3 Å². The Kier molecular flexibility index (Phi) is 6.13. The van der Waals surface area contributed by atoms with Crippen LogP contribution < -0.4 is 10.1 Å². The summed E-state index contributed by atoms with van der Waals surface area (Å²) in [6.45, 7) is 12.5. The van der Waals surface area contributed by atoms with Crippen molar-refractivity contribution in [3.63, 3.8) is 0 Å². The summed E-state index contributed by atoms with van der Waals surface area (Å²) >= 11 is 0. The number of hydrogen-bond acceptors (Lipinski definition) is 3. The van der Waals surface area contributed by atoms with Crippen molar-refractivity contribution in [3.8, 4) is 5.88 Å². The maximum absolute atomic E-state index is 5.69. The molecule has 0 saturated heterocycles. The Bertz CT molecular complexity index is 362. The molecule has 0 bridgehead atoms. The molecule has 0 saturated carbocycles. The molecule has 18 heavy (non-hydrogen) atoms. The topological polar surface area (TPSA) is 34.1 Å². The Morgan fingerprint density at radius 1 is 1.22 bits per heavy atom. The van der Waals surface area contributed by atoms with E-state index >= 15 is 0 Å². The van der Waals surface area contributed by atoms with Gasteiger partial charge in [-0.15, -0.1) is 0 Å². The van der Waals surface area contributed by atoms with Crippen LogP contribution in [0.4, 0.5) is 0 Å². The van der Waals surface area contributed by atoms with Gasteiger partial charge in [0.25, 0.3) is 0 Å². The van der Waals surface area contributed by atoms with E-state index in [0.29, 0.717) is 5.92 Å².